The van der Waals surface area contributed by atoms with Crippen molar-refractivity contribution in [2.24, 2.45) is 0 Å². The van der Waals surface area contributed by atoms with E-state index in [0.717, 1.165) is 0 Å². The third-order valence-corrected chi connectivity index (χ3v) is 1.88. The standard InChI is InChI=1S/C14H14N2O4/c1-14(2,3)20-13(17)19-11-6-4-5-10(7-11)18-12(8-15)9-16/h4-7,12H,1-3H3. The van der Waals surface area contributed by atoms with E-state index in [1.165, 1.54) is 12.1 Å². The van der Waals surface area contributed by atoms with E-state index in [-0.39, 0.29) is 11.5 Å². The number of hydrogen-bond acceptors (Lipinski definition) is 6. The second-order valence-electron chi connectivity index (χ2n) is 4.80. The minimum Gasteiger partial charge on any atom is -0.462 e. The van der Waals surface area contributed by atoms with Crippen molar-refractivity contribution < 1.29 is 19.0 Å². The van der Waals surface area contributed by atoms with Gasteiger partial charge in [0.1, 0.15) is 29.2 Å². The summed E-state index contributed by atoms with van der Waals surface area (Å²) in [6.07, 6.45) is -2.06. The molecule has 0 heterocycles. The summed E-state index contributed by atoms with van der Waals surface area (Å²) in [6.45, 7) is 5.16. The van der Waals surface area contributed by atoms with Crippen LogP contribution in [0.15, 0.2) is 24.3 Å². The molecule has 1 aromatic carbocycles. The van der Waals surface area contributed by atoms with Gasteiger partial charge in [-0.05, 0) is 32.9 Å². The fraction of sp³-hybridized carbons (Fsp3) is 0.357. The lowest BCUT2D eigenvalue weighted by Gasteiger charge is -2.18. The van der Waals surface area contributed by atoms with Crippen LogP contribution in [0.2, 0.25) is 0 Å². The highest BCUT2D eigenvalue weighted by Crippen LogP contribution is 2.21. The van der Waals surface area contributed by atoms with Crippen LogP contribution in [-0.4, -0.2) is 17.9 Å². The number of nitriles is 2. The van der Waals surface area contributed by atoms with Gasteiger partial charge in [0.2, 0.25) is 0 Å². The SMILES string of the molecule is CC(C)(C)OC(=O)Oc1cccc(OC(C#N)C#N)c1. The molecule has 0 aliphatic rings. The molecule has 0 aliphatic carbocycles. The molecule has 0 N–H and O–H groups in total. The van der Waals surface area contributed by atoms with Crippen molar-refractivity contribution in [3.05, 3.63) is 24.3 Å². The first kappa shape index (κ1) is 15.3. The number of hydrogen-bond donors (Lipinski definition) is 0. The van der Waals surface area contributed by atoms with E-state index in [1.807, 2.05) is 0 Å². The number of carbonyl (C=O) groups excluding carboxylic acids is 1. The molecule has 0 bridgehead atoms. The van der Waals surface area contributed by atoms with Crippen LogP contribution < -0.4 is 9.47 Å². The van der Waals surface area contributed by atoms with Crippen molar-refractivity contribution in [3.63, 3.8) is 0 Å². The first-order valence-electron chi connectivity index (χ1n) is 5.81. The van der Waals surface area contributed by atoms with E-state index in [1.54, 1.807) is 45.0 Å². The van der Waals surface area contributed by atoms with Gasteiger partial charge < -0.3 is 14.2 Å². The Bertz CT molecular complexity index is 550. The molecule has 0 atom stereocenters. The predicted molar refractivity (Wildman–Crippen MR) is 68.9 cm³/mol. The van der Waals surface area contributed by atoms with Gasteiger partial charge in [-0.2, -0.15) is 10.5 Å². The number of rotatable bonds is 3. The summed E-state index contributed by atoms with van der Waals surface area (Å²) >= 11 is 0. The van der Waals surface area contributed by atoms with Crippen LogP contribution >= 0.6 is 0 Å². The lowest BCUT2D eigenvalue weighted by Crippen LogP contribution is -2.26. The quantitative estimate of drug-likeness (QED) is 0.621. The van der Waals surface area contributed by atoms with Crippen LogP contribution in [0.4, 0.5) is 4.79 Å². The highest BCUT2D eigenvalue weighted by molar-refractivity contribution is 5.64. The van der Waals surface area contributed by atoms with Gasteiger partial charge >= 0.3 is 6.16 Å². The largest absolute Gasteiger partial charge is 0.514 e. The van der Waals surface area contributed by atoms with Crippen molar-refractivity contribution >= 4 is 6.16 Å². The minimum atomic E-state index is -1.22. The summed E-state index contributed by atoms with van der Waals surface area (Å²) in [4.78, 5) is 11.5. The van der Waals surface area contributed by atoms with E-state index in [0.29, 0.717) is 0 Å². The molecular weight excluding hydrogens is 260 g/mol. The minimum absolute atomic E-state index is 0.200. The van der Waals surface area contributed by atoms with Crippen molar-refractivity contribution in [1.29, 1.82) is 10.5 Å². The molecule has 0 fully saturated rings. The Morgan fingerprint density at radius 2 is 1.80 bits per heavy atom. The summed E-state index contributed by atoms with van der Waals surface area (Å²) < 4.78 is 15.1. The van der Waals surface area contributed by atoms with Crippen LogP contribution in [0, 0.1) is 22.7 Å². The van der Waals surface area contributed by atoms with E-state index in [4.69, 9.17) is 24.7 Å². The maximum Gasteiger partial charge on any atom is 0.514 e. The van der Waals surface area contributed by atoms with E-state index in [9.17, 15) is 4.79 Å². The van der Waals surface area contributed by atoms with Crippen molar-refractivity contribution in [2.45, 2.75) is 32.5 Å². The second-order valence-corrected chi connectivity index (χ2v) is 4.80. The molecule has 0 spiro atoms. The highest BCUT2D eigenvalue weighted by Gasteiger charge is 2.18. The molecule has 0 radical (unpaired) electrons. The first-order valence-corrected chi connectivity index (χ1v) is 5.81. The van der Waals surface area contributed by atoms with Gasteiger partial charge in [-0.25, -0.2) is 4.79 Å². The summed E-state index contributed by atoms with van der Waals surface area (Å²) in [5.74, 6) is 0.450. The normalized spacial score (nSPS) is 10.3. The van der Waals surface area contributed by atoms with E-state index >= 15 is 0 Å². The zero-order valence-corrected chi connectivity index (χ0v) is 11.4. The molecular formula is C14H14N2O4. The topological polar surface area (TPSA) is 92.3 Å². The third-order valence-electron chi connectivity index (χ3n) is 1.88. The Balaban J connectivity index is 2.72. The smallest absolute Gasteiger partial charge is 0.462 e. The number of ether oxygens (including phenoxy) is 3. The molecule has 1 rings (SSSR count). The average Bonchev–Trinajstić information content (AvgIpc) is 2.34. The second kappa shape index (κ2) is 6.44. The first-order chi connectivity index (χ1) is 9.34. The van der Waals surface area contributed by atoms with Gasteiger partial charge in [0, 0.05) is 6.07 Å². The molecule has 0 aliphatic heterocycles. The molecule has 20 heavy (non-hydrogen) atoms. The molecule has 0 saturated carbocycles. The molecule has 0 aromatic heterocycles. The van der Waals surface area contributed by atoms with Crippen LogP contribution in [0.3, 0.4) is 0 Å². The predicted octanol–water partition coefficient (Wildman–Crippen LogP) is 2.80. The van der Waals surface area contributed by atoms with Gasteiger partial charge in [-0.1, -0.05) is 6.07 Å². The Morgan fingerprint density at radius 3 is 2.35 bits per heavy atom. The van der Waals surface area contributed by atoms with Gasteiger partial charge in [-0.3, -0.25) is 0 Å². The Kier molecular flexibility index (Phi) is 4.94. The number of nitrogens with zero attached hydrogens (tertiary/aromatic N) is 2. The van der Waals surface area contributed by atoms with Gasteiger partial charge in [0.15, 0.2) is 0 Å². The van der Waals surface area contributed by atoms with Crippen LogP contribution in [0.1, 0.15) is 20.8 Å². The lowest BCUT2D eigenvalue weighted by atomic mass is 10.2. The molecule has 6 nitrogen and oxygen atoms in total. The van der Waals surface area contributed by atoms with Gasteiger partial charge in [0.25, 0.3) is 6.10 Å². The summed E-state index contributed by atoms with van der Waals surface area (Å²) in [7, 11) is 0. The van der Waals surface area contributed by atoms with Crippen molar-refractivity contribution in [1.82, 2.24) is 0 Å². The zero-order valence-electron chi connectivity index (χ0n) is 11.4. The number of benzene rings is 1. The van der Waals surface area contributed by atoms with Crippen LogP contribution in [0.5, 0.6) is 11.5 Å². The third kappa shape index (κ3) is 5.28. The lowest BCUT2D eigenvalue weighted by molar-refractivity contribution is 0.0206. The van der Waals surface area contributed by atoms with Crippen LogP contribution in [-0.2, 0) is 4.74 Å². The zero-order chi connectivity index (χ0) is 15.2. The molecule has 0 saturated heterocycles. The van der Waals surface area contributed by atoms with Gasteiger partial charge in [0.05, 0.1) is 0 Å². The van der Waals surface area contributed by atoms with E-state index < -0.39 is 17.9 Å². The maximum absolute atomic E-state index is 11.5. The summed E-state index contributed by atoms with van der Waals surface area (Å²) in [5, 5.41) is 17.3. The van der Waals surface area contributed by atoms with Crippen molar-refractivity contribution in [3.8, 4) is 23.6 Å². The summed E-state index contributed by atoms with van der Waals surface area (Å²) in [5.41, 5.74) is -0.655. The van der Waals surface area contributed by atoms with Gasteiger partial charge in [-0.15, -0.1) is 0 Å². The molecule has 1 aromatic rings. The van der Waals surface area contributed by atoms with Crippen LogP contribution in [0.25, 0.3) is 0 Å². The number of carbonyl (C=O) groups is 1. The average molecular weight is 274 g/mol. The molecule has 104 valence electrons. The Labute approximate surface area is 117 Å². The molecule has 6 heteroatoms. The fourth-order valence-electron chi connectivity index (χ4n) is 1.20. The fourth-order valence-corrected chi connectivity index (χ4v) is 1.20. The summed E-state index contributed by atoms with van der Waals surface area (Å²) in [6, 6.07) is 9.39. The Hall–Kier alpha value is -2.73. The maximum atomic E-state index is 11.5. The van der Waals surface area contributed by atoms with Crippen molar-refractivity contribution in [2.75, 3.05) is 0 Å². The Morgan fingerprint density at radius 1 is 1.20 bits per heavy atom. The molecule has 0 unspecified atom stereocenters. The molecule has 0 amide bonds. The monoisotopic (exact) mass is 274 g/mol. The highest BCUT2D eigenvalue weighted by atomic mass is 16.7. The van der Waals surface area contributed by atoms with E-state index in [2.05, 4.69) is 0 Å².